The number of ketones is 1. The fourth-order valence-electron chi connectivity index (χ4n) is 4.26. The first-order chi connectivity index (χ1) is 16.8. The number of carbonyl (C=O) groups is 2. The molecule has 182 valence electrons. The Labute approximate surface area is 207 Å². The van der Waals surface area contributed by atoms with Gasteiger partial charge >= 0.3 is 0 Å². The van der Waals surface area contributed by atoms with Gasteiger partial charge in [-0.25, -0.2) is 4.39 Å². The highest BCUT2D eigenvalue weighted by Gasteiger charge is 2.24. The number of Topliss-reactive ketones (excluding diaryl/α,β-unsaturated/α-hetero) is 1. The molecule has 1 aromatic heterocycles. The number of nitrogens with zero attached hydrogens (tertiary/aromatic N) is 1. The lowest BCUT2D eigenvalue weighted by Crippen LogP contribution is -2.39. The summed E-state index contributed by atoms with van der Waals surface area (Å²) < 4.78 is 21.8. The number of carbonyl (C=O) groups excluding carboxylic acids is 2. The van der Waals surface area contributed by atoms with Crippen LogP contribution in [0, 0.1) is 5.82 Å². The second kappa shape index (κ2) is 11.0. The molecular formula is C27H26ClFN2O4. The third-order valence-corrected chi connectivity index (χ3v) is 6.62. The van der Waals surface area contributed by atoms with Crippen LogP contribution in [0.1, 0.15) is 57.0 Å². The highest BCUT2D eigenvalue weighted by molar-refractivity contribution is 6.31. The lowest BCUT2D eigenvalue weighted by atomic mass is 9.85. The number of amides is 1. The number of ether oxygens (including phenoxy) is 1. The monoisotopic (exact) mass is 496 g/mol. The SMILES string of the molecule is Cn1cc(C(=O)CC(c2ccc(C(=O)NC3CCOCC3)c(F)c2)c2ccccc2Cl)ccc1=O. The molecule has 1 N–H and O–H groups in total. The van der Waals surface area contributed by atoms with Crippen molar-refractivity contribution in [2.45, 2.75) is 31.2 Å². The summed E-state index contributed by atoms with van der Waals surface area (Å²) in [6.45, 7) is 1.13. The number of hydrogen-bond acceptors (Lipinski definition) is 4. The Bertz CT molecular complexity index is 1300. The molecule has 1 aliphatic rings. The number of aryl methyl sites for hydroxylation is 1. The minimum absolute atomic E-state index is 0.00892. The molecule has 0 radical (unpaired) electrons. The molecule has 0 spiro atoms. The Kier molecular flexibility index (Phi) is 7.78. The molecule has 1 amide bonds. The molecular weight excluding hydrogens is 471 g/mol. The molecule has 6 nitrogen and oxygen atoms in total. The van der Waals surface area contributed by atoms with E-state index in [0.29, 0.717) is 47.8 Å². The molecule has 1 aliphatic heterocycles. The summed E-state index contributed by atoms with van der Waals surface area (Å²) in [6.07, 6.45) is 2.87. The Hall–Kier alpha value is -3.29. The van der Waals surface area contributed by atoms with E-state index in [4.69, 9.17) is 16.3 Å². The molecule has 1 saturated heterocycles. The van der Waals surface area contributed by atoms with E-state index >= 15 is 4.39 Å². The predicted molar refractivity (Wildman–Crippen MR) is 132 cm³/mol. The van der Waals surface area contributed by atoms with Crippen molar-refractivity contribution in [1.82, 2.24) is 9.88 Å². The molecule has 0 saturated carbocycles. The second-order valence-corrected chi connectivity index (χ2v) is 9.07. The number of halogens is 2. The van der Waals surface area contributed by atoms with E-state index in [1.54, 1.807) is 37.4 Å². The van der Waals surface area contributed by atoms with E-state index in [9.17, 15) is 14.4 Å². The highest BCUT2D eigenvalue weighted by atomic mass is 35.5. The Balaban J connectivity index is 1.63. The van der Waals surface area contributed by atoms with E-state index in [0.717, 1.165) is 0 Å². The van der Waals surface area contributed by atoms with Crippen molar-refractivity contribution < 1.29 is 18.7 Å². The van der Waals surface area contributed by atoms with Gasteiger partial charge < -0.3 is 14.6 Å². The van der Waals surface area contributed by atoms with Crippen LogP contribution in [-0.2, 0) is 11.8 Å². The number of nitrogens with one attached hydrogen (secondary N) is 1. The lowest BCUT2D eigenvalue weighted by molar-refractivity contribution is 0.0694. The van der Waals surface area contributed by atoms with E-state index in [-0.39, 0.29) is 29.4 Å². The summed E-state index contributed by atoms with van der Waals surface area (Å²) >= 11 is 6.45. The first-order valence-electron chi connectivity index (χ1n) is 11.5. The highest BCUT2D eigenvalue weighted by Crippen LogP contribution is 2.34. The maximum atomic E-state index is 15.1. The Morgan fingerprint density at radius 2 is 1.89 bits per heavy atom. The van der Waals surface area contributed by atoms with Crippen LogP contribution in [0.15, 0.2) is 65.6 Å². The summed E-state index contributed by atoms with van der Waals surface area (Å²) in [6, 6.07) is 14.3. The number of pyridine rings is 1. The summed E-state index contributed by atoms with van der Waals surface area (Å²) in [7, 11) is 1.57. The van der Waals surface area contributed by atoms with Crippen LogP contribution in [0.4, 0.5) is 4.39 Å². The van der Waals surface area contributed by atoms with Gasteiger partial charge in [-0.3, -0.25) is 14.4 Å². The number of benzene rings is 2. The zero-order chi connectivity index (χ0) is 24.9. The predicted octanol–water partition coefficient (Wildman–Crippen LogP) is 4.49. The van der Waals surface area contributed by atoms with Gasteiger partial charge in [0.1, 0.15) is 5.82 Å². The maximum absolute atomic E-state index is 15.1. The van der Waals surface area contributed by atoms with Crippen LogP contribution in [0.3, 0.4) is 0 Å². The second-order valence-electron chi connectivity index (χ2n) is 8.67. The van der Waals surface area contributed by atoms with Gasteiger partial charge in [-0.1, -0.05) is 35.9 Å². The maximum Gasteiger partial charge on any atom is 0.254 e. The zero-order valence-electron chi connectivity index (χ0n) is 19.3. The van der Waals surface area contributed by atoms with Gasteiger partial charge in [0.05, 0.1) is 5.56 Å². The molecule has 8 heteroatoms. The van der Waals surface area contributed by atoms with Gasteiger partial charge in [-0.2, -0.15) is 0 Å². The number of rotatable bonds is 7. The van der Waals surface area contributed by atoms with Crippen molar-refractivity contribution in [2.24, 2.45) is 7.05 Å². The first-order valence-corrected chi connectivity index (χ1v) is 11.8. The molecule has 0 aliphatic carbocycles. The lowest BCUT2D eigenvalue weighted by Gasteiger charge is -2.23. The van der Waals surface area contributed by atoms with Crippen LogP contribution < -0.4 is 10.9 Å². The first kappa shape index (κ1) is 24.8. The number of hydrogen-bond donors (Lipinski definition) is 1. The van der Waals surface area contributed by atoms with Gasteiger partial charge in [0, 0.05) is 61.5 Å². The van der Waals surface area contributed by atoms with Gasteiger partial charge in [0.25, 0.3) is 5.91 Å². The smallest absolute Gasteiger partial charge is 0.254 e. The molecule has 2 heterocycles. The Morgan fingerprint density at radius 1 is 1.14 bits per heavy atom. The molecule has 0 bridgehead atoms. The van der Waals surface area contributed by atoms with Crippen molar-refractivity contribution in [3.05, 3.63) is 104 Å². The summed E-state index contributed by atoms with van der Waals surface area (Å²) in [5, 5.41) is 3.32. The van der Waals surface area contributed by atoms with Gasteiger partial charge in [-0.05, 0) is 48.2 Å². The number of aromatic nitrogens is 1. The third-order valence-electron chi connectivity index (χ3n) is 6.27. The molecule has 4 rings (SSSR count). The van der Waals surface area contributed by atoms with Gasteiger partial charge in [-0.15, -0.1) is 0 Å². The van der Waals surface area contributed by atoms with Crippen LogP contribution in [0.25, 0.3) is 0 Å². The van der Waals surface area contributed by atoms with E-state index in [2.05, 4.69) is 5.32 Å². The van der Waals surface area contributed by atoms with Crippen LogP contribution in [0.2, 0.25) is 5.02 Å². The fourth-order valence-corrected chi connectivity index (χ4v) is 4.53. The van der Waals surface area contributed by atoms with Crippen molar-refractivity contribution >= 4 is 23.3 Å². The molecule has 3 aromatic rings. The van der Waals surface area contributed by atoms with Crippen molar-refractivity contribution in [3.8, 4) is 0 Å². The van der Waals surface area contributed by atoms with Crippen molar-refractivity contribution in [3.63, 3.8) is 0 Å². The molecule has 1 unspecified atom stereocenters. The summed E-state index contributed by atoms with van der Waals surface area (Å²) in [4.78, 5) is 37.5. The average Bonchev–Trinajstić information content (AvgIpc) is 2.85. The zero-order valence-corrected chi connectivity index (χ0v) is 20.1. The summed E-state index contributed by atoms with van der Waals surface area (Å²) in [5.74, 6) is -1.90. The van der Waals surface area contributed by atoms with E-state index in [1.807, 2.05) is 0 Å². The van der Waals surface area contributed by atoms with Crippen molar-refractivity contribution in [2.75, 3.05) is 13.2 Å². The minimum atomic E-state index is -0.668. The van der Waals surface area contributed by atoms with Crippen LogP contribution in [0.5, 0.6) is 0 Å². The third kappa shape index (κ3) is 5.86. The van der Waals surface area contributed by atoms with E-state index < -0.39 is 17.6 Å². The summed E-state index contributed by atoms with van der Waals surface area (Å²) in [5.41, 5.74) is 1.29. The van der Waals surface area contributed by atoms with Gasteiger partial charge in [0.2, 0.25) is 5.56 Å². The van der Waals surface area contributed by atoms with Crippen LogP contribution in [-0.4, -0.2) is 35.5 Å². The van der Waals surface area contributed by atoms with Crippen LogP contribution >= 0.6 is 11.6 Å². The molecule has 2 aromatic carbocycles. The van der Waals surface area contributed by atoms with E-state index in [1.165, 1.54) is 35.0 Å². The average molecular weight is 497 g/mol. The van der Waals surface area contributed by atoms with Gasteiger partial charge in [0.15, 0.2) is 5.78 Å². The fraction of sp³-hybridized carbons (Fsp3) is 0.296. The minimum Gasteiger partial charge on any atom is -0.381 e. The quantitative estimate of drug-likeness (QED) is 0.489. The molecule has 35 heavy (non-hydrogen) atoms. The normalized spacial score (nSPS) is 14.9. The molecule has 1 fully saturated rings. The standard InChI is InChI=1S/C27H26ClFN2O4/c1-31-16-18(7-9-26(31)33)25(32)15-22(20-4-2-3-5-23(20)28)17-6-8-21(24(29)14-17)27(34)30-19-10-12-35-13-11-19/h2-9,14,16,19,22H,10-13,15H2,1H3,(H,30,34). The van der Waals surface area contributed by atoms with Crippen molar-refractivity contribution in [1.29, 1.82) is 0 Å². The molecule has 1 atom stereocenters. The largest absolute Gasteiger partial charge is 0.381 e. The Morgan fingerprint density at radius 3 is 2.57 bits per heavy atom. The topological polar surface area (TPSA) is 77.4 Å².